The first kappa shape index (κ1) is 10.9. The monoisotopic (exact) mass is 159 g/mol. The van der Waals surface area contributed by atoms with Crippen LogP contribution in [0.1, 0.15) is 41.0 Å². The minimum atomic E-state index is -0.223. The van der Waals surface area contributed by atoms with Crippen molar-refractivity contribution in [1.82, 2.24) is 5.32 Å². The smallest absolute Gasteiger partial charge is 0.113 e. The highest BCUT2D eigenvalue weighted by Crippen LogP contribution is 2.14. The van der Waals surface area contributed by atoms with E-state index >= 15 is 0 Å². The van der Waals surface area contributed by atoms with Crippen molar-refractivity contribution in [2.24, 2.45) is 0 Å². The van der Waals surface area contributed by atoms with Crippen LogP contribution in [0.5, 0.6) is 0 Å². The van der Waals surface area contributed by atoms with Gasteiger partial charge in [0.15, 0.2) is 0 Å². The Bertz CT molecular complexity index is 105. The van der Waals surface area contributed by atoms with Gasteiger partial charge in [-0.1, -0.05) is 6.92 Å². The second-order valence-corrected chi connectivity index (χ2v) is 4.08. The fourth-order valence-electron chi connectivity index (χ4n) is 0.954. The third-order valence-electron chi connectivity index (χ3n) is 2.03. The highest BCUT2D eigenvalue weighted by molar-refractivity contribution is 4.81. The minimum absolute atomic E-state index is 0.152. The molecule has 0 aliphatic carbocycles. The predicted octanol–water partition coefficient (Wildman–Crippen LogP) is 2.15. The molecule has 1 N–H and O–H groups in total. The van der Waals surface area contributed by atoms with Crippen molar-refractivity contribution in [2.45, 2.75) is 52.3 Å². The Hall–Kier alpha value is -0.0800. The molecule has 0 saturated carbocycles. The molecule has 0 aliphatic rings. The van der Waals surface area contributed by atoms with Gasteiger partial charge in [0.2, 0.25) is 0 Å². The van der Waals surface area contributed by atoms with Crippen molar-refractivity contribution in [3.8, 4) is 0 Å². The highest BCUT2D eigenvalue weighted by atomic mass is 16.5. The molecule has 2 heteroatoms. The Morgan fingerprint density at radius 2 is 1.64 bits per heavy atom. The maximum Gasteiger partial charge on any atom is 0.113 e. The lowest BCUT2D eigenvalue weighted by molar-refractivity contribution is -0.0291. The second-order valence-electron chi connectivity index (χ2n) is 4.08. The number of nitrogens with one attached hydrogen (secondary N) is 1. The normalized spacial score (nSPS) is 13.6. The number of methoxy groups -OCH3 is 1. The van der Waals surface area contributed by atoms with Crippen LogP contribution in [0.3, 0.4) is 0 Å². The molecule has 0 spiro atoms. The maximum absolute atomic E-state index is 5.26. The summed E-state index contributed by atoms with van der Waals surface area (Å²) in [5.41, 5.74) is -0.0704. The molecule has 0 bridgehead atoms. The number of hydrogen-bond donors (Lipinski definition) is 1. The van der Waals surface area contributed by atoms with Crippen molar-refractivity contribution in [1.29, 1.82) is 0 Å². The standard InChI is InChI=1S/C9H21NO/c1-7-8(2,3)10-9(4,5)11-6/h10H,7H2,1-6H3. The van der Waals surface area contributed by atoms with Crippen molar-refractivity contribution in [3.63, 3.8) is 0 Å². The zero-order valence-electron chi connectivity index (χ0n) is 8.62. The van der Waals surface area contributed by atoms with Gasteiger partial charge >= 0.3 is 0 Å². The minimum Gasteiger partial charge on any atom is -0.364 e. The average Bonchev–Trinajstić information content (AvgIpc) is 1.86. The quantitative estimate of drug-likeness (QED) is 0.635. The van der Waals surface area contributed by atoms with Gasteiger partial charge in [0, 0.05) is 12.6 Å². The molecule has 0 aromatic heterocycles. The molecule has 0 aliphatic heterocycles. The first-order chi connectivity index (χ1) is 4.83. The molecule has 0 fully saturated rings. The van der Waals surface area contributed by atoms with Crippen LogP contribution in [0.25, 0.3) is 0 Å². The van der Waals surface area contributed by atoms with Gasteiger partial charge in [-0.3, -0.25) is 5.32 Å². The van der Waals surface area contributed by atoms with E-state index in [0.717, 1.165) is 6.42 Å². The topological polar surface area (TPSA) is 21.3 Å². The lowest BCUT2D eigenvalue weighted by Crippen LogP contribution is -2.52. The van der Waals surface area contributed by atoms with E-state index in [4.69, 9.17) is 4.74 Å². The molecule has 0 aromatic rings. The fourth-order valence-corrected chi connectivity index (χ4v) is 0.954. The fraction of sp³-hybridized carbons (Fsp3) is 1.00. The first-order valence-corrected chi connectivity index (χ1v) is 4.17. The van der Waals surface area contributed by atoms with Crippen molar-refractivity contribution < 1.29 is 4.74 Å². The molecule has 0 saturated heterocycles. The molecule has 0 unspecified atom stereocenters. The van der Waals surface area contributed by atoms with E-state index < -0.39 is 0 Å². The predicted molar refractivity (Wildman–Crippen MR) is 48.6 cm³/mol. The molecule has 68 valence electrons. The van der Waals surface area contributed by atoms with Crippen LogP contribution in [-0.2, 0) is 4.74 Å². The van der Waals surface area contributed by atoms with E-state index in [2.05, 4.69) is 26.1 Å². The highest BCUT2D eigenvalue weighted by Gasteiger charge is 2.25. The van der Waals surface area contributed by atoms with Gasteiger partial charge in [-0.2, -0.15) is 0 Å². The van der Waals surface area contributed by atoms with Crippen molar-refractivity contribution in [3.05, 3.63) is 0 Å². The van der Waals surface area contributed by atoms with Gasteiger partial charge < -0.3 is 4.74 Å². The molecule has 0 rings (SSSR count). The van der Waals surface area contributed by atoms with E-state index in [1.807, 2.05) is 13.8 Å². The van der Waals surface area contributed by atoms with Crippen LogP contribution in [0.4, 0.5) is 0 Å². The third kappa shape index (κ3) is 4.38. The lowest BCUT2D eigenvalue weighted by Gasteiger charge is -2.35. The van der Waals surface area contributed by atoms with E-state index in [9.17, 15) is 0 Å². The first-order valence-electron chi connectivity index (χ1n) is 4.17. The molecule has 0 radical (unpaired) electrons. The Morgan fingerprint density at radius 1 is 1.18 bits per heavy atom. The van der Waals surface area contributed by atoms with Crippen LogP contribution in [-0.4, -0.2) is 18.4 Å². The summed E-state index contributed by atoms with van der Waals surface area (Å²) >= 11 is 0. The van der Waals surface area contributed by atoms with Crippen molar-refractivity contribution >= 4 is 0 Å². The Morgan fingerprint density at radius 3 is 1.91 bits per heavy atom. The third-order valence-corrected chi connectivity index (χ3v) is 2.03. The molecule has 0 heterocycles. The molecule has 0 aromatic carbocycles. The van der Waals surface area contributed by atoms with Crippen LogP contribution >= 0.6 is 0 Å². The number of rotatable bonds is 4. The molecule has 0 atom stereocenters. The molecule has 2 nitrogen and oxygen atoms in total. The molecular formula is C9H21NO. The maximum atomic E-state index is 5.26. The lowest BCUT2D eigenvalue weighted by atomic mass is 10.0. The largest absolute Gasteiger partial charge is 0.364 e. The van der Waals surface area contributed by atoms with E-state index in [-0.39, 0.29) is 11.3 Å². The van der Waals surface area contributed by atoms with E-state index in [0.29, 0.717) is 0 Å². The SMILES string of the molecule is CCC(C)(C)NC(C)(C)OC. The van der Waals surface area contributed by atoms with Crippen LogP contribution in [0.15, 0.2) is 0 Å². The van der Waals surface area contributed by atoms with Gasteiger partial charge in [-0.25, -0.2) is 0 Å². The summed E-state index contributed by atoms with van der Waals surface area (Å²) in [6, 6.07) is 0. The van der Waals surface area contributed by atoms with Gasteiger partial charge in [0.05, 0.1) is 0 Å². The summed E-state index contributed by atoms with van der Waals surface area (Å²) < 4.78 is 5.26. The van der Waals surface area contributed by atoms with E-state index in [1.165, 1.54) is 0 Å². The van der Waals surface area contributed by atoms with Crippen molar-refractivity contribution in [2.75, 3.05) is 7.11 Å². The number of hydrogen-bond acceptors (Lipinski definition) is 2. The average molecular weight is 159 g/mol. The zero-order valence-corrected chi connectivity index (χ0v) is 8.62. The van der Waals surface area contributed by atoms with Crippen LogP contribution in [0.2, 0.25) is 0 Å². The van der Waals surface area contributed by atoms with Gasteiger partial charge in [-0.05, 0) is 34.1 Å². The summed E-state index contributed by atoms with van der Waals surface area (Å²) in [7, 11) is 1.72. The van der Waals surface area contributed by atoms with Gasteiger partial charge in [0.25, 0.3) is 0 Å². The number of ether oxygens (including phenoxy) is 1. The molecular weight excluding hydrogens is 138 g/mol. The second kappa shape index (κ2) is 3.55. The molecule has 0 amide bonds. The molecule has 11 heavy (non-hydrogen) atoms. The van der Waals surface area contributed by atoms with Gasteiger partial charge in [0.1, 0.15) is 5.72 Å². The Kier molecular flexibility index (Phi) is 3.52. The summed E-state index contributed by atoms with van der Waals surface area (Å²) in [6.45, 7) is 10.6. The summed E-state index contributed by atoms with van der Waals surface area (Å²) in [4.78, 5) is 0. The summed E-state index contributed by atoms with van der Waals surface area (Å²) in [6.07, 6.45) is 1.10. The van der Waals surface area contributed by atoms with Gasteiger partial charge in [-0.15, -0.1) is 0 Å². The van der Waals surface area contributed by atoms with Crippen LogP contribution in [0, 0.1) is 0 Å². The Labute approximate surface area is 70.3 Å². The van der Waals surface area contributed by atoms with E-state index in [1.54, 1.807) is 7.11 Å². The summed E-state index contributed by atoms with van der Waals surface area (Å²) in [5.74, 6) is 0. The van der Waals surface area contributed by atoms with Crippen LogP contribution < -0.4 is 5.32 Å². The summed E-state index contributed by atoms with van der Waals surface area (Å²) in [5, 5.41) is 3.41. The Balaban J connectivity index is 4.02. The zero-order chi connectivity index (χ0) is 9.12.